The van der Waals surface area contributed by atoms with Crippen LogP contribution in [-0.4, -0.2) is 49.5 Å². The van der Waals surface area contributed by atoms with Gasteiger partial charge < -0.3 is 15.5 Å². The van der Waals surface area contributed by atoms with Gasteiger partial charge in [0, 0.05) is 44.6 Å². The number of likely N-dealkylation sites (tertiary alicyclic amines) is 1. The Bertz CT molecular complexity index is 568. The summed E-state index contributed by atoms with van der Waals surface area (Å²) >= 11 is 0. The highest BCUT2D eigenvalue weighted by Crippen LogP contribution is 2.21. The Labute approximate surface area is 145 Å². The Balaban J connectivity index is 1.86. The minimum atomic E-state index is 0.0127. The number of hydrogen-bond donors (Lipinski definition) is 2. The van der Waals surface area contributed by atoms with Crippen LogP contribution in [0.4, 0.5) is 0 Å². The van der Waals surface area contributed by atoms with Gasteiger partial charge >= 0.3 is 0 Å². The third-order valence-corrected chi connectivity index (χ3v) is 4.66. The first-order valence-electron chi connectivity index (χ1n) is 8.76. The summed E-state index contributed by atoms with van der Waals surface area (Å²) < 4.78 is 0. The van der Waals surface area contributed by atoms with Crippen LogP contribution in [0.1, 0.15) is 39.2 Å². The van der Waals surface area contributed by atoms with Crippen molar-refractivity contribution < 1.29 is 4.79 Å². The zero-order valence-corrected chi connectivity index (χ0v) is 15.3. The number of amides is 1. The molecular weight excluding hydrogens is 300 g/mol. The summed E-state index contributed by atoms with van der Waals surface area (Å²) in [6, 6.07) is 10.8. The molecule has 1 amide bonds. The molecule has 1 aromatic carbocycles. The molecule has 1 aliphatic rings. The molecule has 1 heterocycles. The van der Waals surface area contributed by atoms with E-state index in [-0.39, 0.29) is 17.4 Å². The van der Waals surface area contributed by atoms with Gasteiger partial charge in [-0.05, 0) is 12.0 Å². The fraction of sp³-hybridized carbons (Fsp3) is 0.579. The monoisotopic (exact) mass is 330 g/mol. The van der Waals surface area contributed by atoms with Gasteiger partial charge in [0.1, 0.15) is 0 Å². The second-order valence-electron chi connectivity index (χ2n) is 7.00. The molecule has 2 N–H and O–H groups in total. The van der Waals surface area contributed by atoms with Crippen molar-refractivity contribution in [3.8, 4) is 0 Å². The average molecular weight is 330 g/mol. The van der Waals surface area contributed by atoms with Crippen molar-refractivity contribution in [3.05, 3.63) is 35.9 Å². The third-order valence-electron chi connectivity index (χ3n) is 4.66. The number of nitrogens with zero attached hydrogens (tertiary/aromatic N) is 2. The van der Waals surface area contributed by atoms with E-state index in [9.17, 15) is 4.79 Å². The van der Waals surface area contributed by atoms with Crippen molar-refractivity contribution in [1.29, 1.82) is 0 Å². The van der Waals surface area contributed by atoms with Crippen molar-refractivity contribution in [1.82, 2.24) is 15.5 Å². The SMILES string of the molecule is CCC(=O)N1CCC(NC(=NC)NCC(C)(C)c2ccccc2)C1. The first kappa shape index (κ1) is 18.3. The summed E-state index contributed by atoms with van der Waals surface area (Å²) in [5.74, 6) is 1.03. The van der Waals surface area contributed by atoms with Crippen molar-refractivity contribution >= 4 is 11.9 Å². The summed E-state index contributed by atoms with van der Waals surface area (Å²) in [4.78, 5) is 18.0. The highest BCUT2D eigenvalue weighted by molar-refractivity contribution is 5.80. The molecule has 1 aromatic rings. The van der Waals surface area contributed by atoms with E-state index >= 15 is 0 Å². The van der Waals surface area contributed by atoms with Crippen molar-refractivity contribution in [3.63, 3.8) is 0 Å². The van der Waals surface area contributed by atoms with E-state index in [2.05, 4.69) is 53.7 Å². The number of carbonyl (C=O) groups excluding carboxylic acids is 1. The largest absolute Gasteiger partial charge is 0.356 e. The molecule has 5 nitrogen and oxygen atoms in total. The molecule has 1 unspecified atom stereocenters. The number of aliphatic imine (C=N–C) groups is 1. The number of benzene rings is 1. The van der Waals surface area contributed by atoms with E-state index < -0.39 is 0 Å². The van der Waals surface area contributed by atoms with Crippen LogP contribution < -0.4 is 10.6 Å². The van der Waals surface area contributed by atoms with Gasteiger partial charge in [-0.3, -0.25) is 9.79 Å². The minimum Gasteiger partial charge on any atom is -0.356 e. The van der Waals surface area contributed by atoms with Gasteiger partial charge in [0.15, 0.2) is 5.96 Å². The minimum absolute atomic E-state index is 0.0127. The summed E-state index contributed by atoms with van der Waals surface area (Å²) in [7, 11) is 1.79. The average Bonchev–Trinajstić information content (AvgIpc) is 3.07. The first-order chi connectivity index (χ1) is 11.5. The fourth-order valence-corrected chi connectivity index (χ4v) is 3.01. The molecule has 1 saturated heterocycles. The normalized spacial score (nSPS) is 18.6. The van der Waals surface area contributed by atoms with Gasteiger partial charge in [-0.15, -0.1) is 0 Å². The molecule has 0 radical (unpaired) electrons. The molecular formula is C19H30N4O. The lowest BCUT2D eigenvalue weighted by molar-refractivity contribution is -0.129. The zero-order chi connectivity index (χ0) is 17.6. The highest BCUT2D eigenvalue weighted by Gasteiger charge is 2.26. The molecule has 1 atom stereocenters. The third kappa shape index (κ3) is 4.73. The van der Waals surface area contributed by atoms with E-state index in [0.717, 1.165) is 32.0 Å². The van der Waals surface area contributed by atoms with Crippen LogP contribution in [0.2, 0.25) is 0 Å². The van der Waals surface area contributed by atoms with Gasteiger partial charge in [-0.1, -0.05) is 51.1 Å². The molecule has 0 saturated carbocycles. The van der Waals surface area contributed by atoms with Crippen LogP contribution in [0.15, 0.2) is 35.3 Å². The van der Waals surface area contributed by atoms with E-state index in [1.807, 2.05) is 17.9 Å². The van der Waals surface area contributed by atoms with Crippen molar-refractivity contribution in [2.45, 2.75) is 45.1 Å². The van der Waals surface area contributed by atoms with Crippen molar-refractivity contribution in [2.75, 3.05) is 26.7 Å². The second-order valence-corrected chi connectivity index (χ2v) is 7.00. The molecule has 1 fully saturated rings. The Hall–Kier alpha value is -2.04. The van der Waals surface area contributed by atoms with E-state index in [0.29, 0.717) is 6.42 Å². The Morgan fingerprint density at radius 1 is 1.33 bits per heavy atom. The quantitative estimate of drug-likeness (QED) is 0.642. The summed E-state index contributed by atoms with van der Waals surface area (Å²) in [6.07, 6.45) is 1.54. The highest BCUT2D eigenvalue weighted by atomic mass is 16.2. The van der Waals surface area contributed by atoms with Gasteiger partial charge in [-0.2, -0.15) is 0 Å². The summed E-state index contributed by atoms with van der Waals surface area (Å²) in [5, 5.41) is 6.87. The predicted octanol–water partition coefficient (Wildman–Crippen LogP) is 2.14. The lowest BCUT2D eigenvalue weighted by atomic mass is 9.85. The van der Waals surface area contributed by atoms with E-state index in [1.165, 1.54) is 5.56 Å². The number of carbonyl (C=O) groups is 1. The molecule has 0 aromatic heterocycles. The van der Waals surface area contributed by atoms with Crippen molar-refractivity contribution in [2.24, 2.45) is 4.99 Å². The predicted molar refractivity (Wildman–Crippen MR) is 99.2 cm³/mol. The van der Waals surface area contributed by atoms with Gasteiger partial charge in [0.2, 0.25) is 5.91 Å². The smallest absolute Gasteiger partial charge is 0.222 e. The number of nitrogens with one attached hydrogen (secondary N) is 2. The molecule has 5 heteroatoms. The Kier molecular flexibility index (Phi) is 6.23. The second kappa shape index (κ2) is 8.18. The lowest BCUT2D eigenvalue weighted by Crippen LogP contribution is -2.48. The maximum Gasteiger partial charge on any atom is 0.222 e. The van der Waals surface area contributed by atoms with Crippen LogP contribution in [0, 0.1) is 0 Å². The standard InChI is InChI=1S/C19H30N4O/c1-5-17(24)23-12-11-16(13-23)22-18(20-4)21-14-19(2,3)15-9-7-6-8-10-15/h6-10,16H,5,11-14H2,1-4H3,(H2,20,21,22). The topological polar surface area (TPSA) is 56.7 Å². The van der Waals surface area contributed by atoms with Crippen LogP contribution in [0.25, 0.3) is 0 Å². The zero-order valence-electron chi connectivity index (χ0n) is 15.3. The summed E-state index contributed by atoms with van der Waals surface area (Å²) in [5.41, 5.74) is 1.31. The molecule has 0 bridgehead atoms. The fourth-order valence-electron chi connectivity index (χ4n) is 3.01. The molecule has 24 heavy (non-hydrogen) atoms. The van der Waals surface area contributed by atoms with Gasteiger partial charge in [0.25, 0.3) is 0 Å². The van der Waals surface area contributed by atoms with Crippen LogP contribution in [-0.2, 0) is 10.2 Å². The lowest BCUT2D eigenvalue weighted by Gasteiger charge is -2.27. The van der Waals surface area contributed by atoms with Gasteiger partial charge in [0.05, 0.1) is 0 Å². The van der Waals surface area contributed by atoms with Crippen LogP contribution in [0.5, 0.6) is 0 Å². The van der Waals surface area contributed by atoms with E-state index in [4.69, 9.17) is 0 Å². The first-order valence-corrected chi connectivity index (χ1v) is 8.76. The van der Waals surface area contributed by atoms with Crippen LogP contribution >= 0.6 is 0 Å². The Morgan fingerprint density at radius 3 is 2.67 bits per heavy atom. The molecule has 0 spiro atoms. The van der Waals surface area contributed by atoms with Gasteiger partial charge in [-0.25, -0.2) is 0 Å². The maximum absolute atomic E-state index is 11.8. The number of rotatable bonds is 5. The number of hydrogen-bond acceptors (Lipinski definition) is 2. The molecule has 2 rings (SSSR count). The van der Waals surface area contributed by atoms with E-state index in [1.54, 1.807) is 7.05 Å². The summed E-state index contributed by atoms with van der Waals surface area (Å²) in [6.45, 7) is 8.74. The maximum atomic E-state index is 11.8. The molecule has 1 aliphatic heterocycles. The number of guanidine groups is 1. The molecule has 0 aliphatic carbocycles. The molecule has 132 valence electrons. The van der Waals surface area contributed by atoms with Crippen LogP contribution in [0.3, 0.4) is 0 Å². The Morgan fingerprint density at radius 2 is 2.04 bits per heavy atom.